The van der Waals surface area contributed by atoms with E-state index >= 15 is 0 Å². The minimum atomic E-state index is -2.93. The van der Waals surface area contributed by atoms with Crippen molar-refractivity contribution in [3.8, 4) is 0 Å². The van der Waals surface area contributed by atoms with Crippen LogP contribution in [0.2, 0.25) is 0 Å². The highest BCUT2D eigenvalue weighted by Gasteiger charge is 2.34. The SMILES string of the molecule is CCCCCCCCCC(NN)C1CCCCS1(=O)=O. The second kappa shape index (κ2) is 9.74. The Morgan fingerprint density at radius 3 is 2.35 bits per heavy atom. The zero-order chi connectivity index (χ0) is 14.8. The van der Waals surface area contributed by atoms with Crippen LogP contribution in [0.3, 0.4) is 0 Å². The molecule has 2 unspecified atom stereocenters. The molecule has 0 spiro atoms. The molecule has 0 aromatic rings. The quantitative estimate of drug-likeness (QED) is 0.370. The Morgan fingerprint density at radius 2 is 1.75 bits per heavy atom. The lowest BCUT2D eigenvalue weighted by Crippen LogP contribution is -2.49. The van der Waals surface area contributed by atoms with Gasteiger partial charge in [-0.25, -0.2) is 8.42 Å². The molecule has 1 rings (SSSR count). The van der Waals surface area contributed by atoms with E-state index in [2.05, 4.69) is 12.3 Å². The van der Waals surface area contributed by atoms with Crippen LogP contribution < -0.4 is 11.3 Å². The summed E-state index contributed by atoms with van der Waals surface area (Å²) in [5.74, 6) is 5.93. The molecule has 0 radical (unpaired) electrons. The van der Waals surface area contributed by atoms with Gasteiger partial charge in [0.15, 0.2) is 9.84 Å². The van der Waals surface area contributed by atoms with E-state index in [4.69, 9.17) is 5.84 Å². The van der Waals surface area contributed by atoms with Crippen molar-refractivity contribution < 1.29 is 8.42 Å². The molecular weight excluding hydrogens is 272 g/mol. The van der Waals surface area contributed by atoms with Crippen molar-refractivity contribution >= 4 is 9.84 Å². The fourth-order valence-corrected chi connectivity index (χ4v) is 5.28. The topological polar surface area (TPSA) is 72.2 Å². The van der Waals surface area contributed by atoms with E-state index in [1.165, 1.54) is 38.5 Å². The summed E-state index contributed by atoms with van der Waals surface area (Å²) >= 11 is 0. The Labute approximate surface area is 124 Å². The zero-order valence-corrected chi connectivity index (χ0v) is 13.8. The summed E-state index contributed by atoms with van der Waals surface area (Å²) in [4.78, 5) is 0. The van der Waals surface area contributed by atoms with Crippen LogP contribution in [0, 0.1) is 0 Å². The lowest BCUT2D eigenvalue weighted by molar-refractivity contribution is 0.407. The molecular formula is C15H32N2O2S. The molecule has 1 saturated heterocycles. The number of nitrogens with one attached hydrogen (secondary N) is 1. The number of sulfone groups is 1. The molecule has 20 heavy (non-hydrogen) atoms. The highest BCUT2D eigenvalue weighted by Crippen LogP contribution is 2.24. The van der Waals surface area contributed by atoms with Crippen LogP contribution in [0.25, 0.3) is 0 Å². The Hall–Kier alpha value is -0.130. The summed E-state index contributed by atoms with van der Waals surface area (Å²) in [6.07, 6.45) is 12.2. The Morgan fingerprint density at radius 1 is 1.10 bits per heavy atom. The van der Waals surface area contributed by atoms with Gasteiger partial charge in [0.25, 0.3) is 0 Å². The average Bonchev–Trinajstić information content (AvgIpc) is 2.42. The minimum absolute atomic E-state index is 0.0593. The predicted octanol–water partition coefficient (Wildman–Crippen LogP) is 2.93. The number of nitrogens with two attached hydrogens (primary N) is 1. The van der Waals surface area contributed by atoms with Crippen LogP contribution >= 0.6 is 0 Å². The summed E-state index contributed by atoms with van der Waals surface area (Å²) < 4.78 is 24.2. The van der Waals surface area contributed by atoms with Crippen molar-refractivity contribution in [2.75, 3.05) is 5.75 Å². The highest BCUT2D eigenvalue weighted by molar-refractivity contribution is 7.92. The van der Waals surface area contributed by atoms with E-state index in [-0.39, 0.29) is 11.3 Å². The van der Waals surface area contributed by atoms with Crippen LogP contribution in [0.1, 0.15) is 77.6 Å². The number of unbranched alkanes of at least 4 members (excludes halogenated alkanes) is 6. The molecule has 2 atom stereocenters. The van der Waals surface area contributed by atoms with E-state index in [1.54, 1.807) is 0 Å². The standard InChI is InChI=1S/C15H32N2O2S/c1-2-3-4-5-6-7-8-11-14(17-16)15-12-9-10-13-20(15,18)19/h14-15,17H,2-13,16H2,1H3. The summed E-state index contributed by atoms with van der Waals surface area (Å²) in [6, 6.07) is -0.0593. The van der Waals surface area contributed by atoms with Gasteiger partial charge in [-0.05, 0) is 19.3 Å². The second-order valence-electron chi connectivity index (χ2n) is 6.08. The van der Waals surface area contributed by atoms with Gasteiger partial charge in [-0.3, -0.25) is 11.3 Å². The van der Waals surface area contributed by atoms with Gasteiger partial charge in [0, 0.05) is 6.04 Å². The summed E-state index contributed by atoms with van der Waals surface area (Å²) in [7, 11) is -2.93. The molecule has 1 fully saturated rings. The van der Waals surface area contributed by atoms with E-state index in [9.17, 15) is 8.42 Å². The van der Waals surface area contributed by atoms with E-state index in [0.29, 0.717) is 5.75 Å². The van der Waals surface area contributed by atoms with E-state index < -0.39 is 9.84 Å². The van der Waals surface area contributed by atoms with E-state index in [1.807, 2.05) is 0 Å². The number of hydrogen-bond donors (Lipinski definition) is 2. The molecule has 0 aliphatic carbocycles. The normalized spacial score (nSPS) is 23.6. The first-order valence-electron chi connectivity index (χ1n) is 8.29. The lowest BCUT2D eigenvalue weighted by Gasteiger charge is -2.29. The fraction of sp³-hybridized carbons (Fsp3) is 1.00. The van der Waals surface area contributed by atoms with Gasteiger partial charge in [0.2, 0.25) is 0 Å². The molecule has 0 saturated carbocycles. The molecule has 0 aromatic heterocycles. The minimum Gasteiger partial charge on any atom is -0.271 e. The number of hydrazine groups is 1. The molecule has 1 aliphatic rings. The smallest absolute Gasteiger partial charge is 0.154 e. The van der Waals surface area contributed by atoms with Gasteiger partial charge in [-0.2, -0.15) is 0 Å². The number of hydrogen-bond acceptors (Lipinski definition) is 4. The van der Waals surface area contributed by atoms with Gasteiger partial charge < -0.3 is 0 Å². The largest absolute Gasteiger partial charge is 0.271 e. The Kier molecular flexibility index (Phi) is 8.73. The Bertz CT molecular complexity index is 344. The fourth-order valence-electron chi connectivity index (χ4n) is 3.13. The average molecular weight is 304 g/mol. The third-order valence-electron chi connectivity index (χ3n) is 4.41. The molecule has 0 amide bonds. The molecule has 4 nitrogen and oxygen atoms in total. The van der Waals surface area contributed by atoms with Crippen molar-refractivity contribution in [3.63, 3.8) is 0 Å². The van der Waals surface area contributed by atoms with E-state index in [0.717, 1.165) is 32.1 Å². The van der Waals surface area contributed by atoms with Crippen molar-refractivity contribution in [2.24, 2.45) is 5.84 Å². The predicted molar refractivity (Wildman–Crippen MR) is 85.1 cm³/mol. The van der Waals surface area contributed by atoms with Crippen LogP contribution in [-0.4, -0.2) is 25.5 Å². The first-order valence-corrected chi connectivity index (χ1v) is 10.0. The van der Waals surface area contributed by atoms with Crippen molar-refractivity contribution in [2.45, 2.75) is 88.8 Å². The maximum atomic E-state index is 12.1. The second-order valence-corrected chi connectivity index (χ2v) is 8.42. The number of rotatable bonds is 10. The van der Waals surface area contributed by atoms with Gasteiger partial charge in [-0.1, -0.05) is 58.3 Å². The van der Waals surface area contributed by atoms with Crippen LogP contribution in [0.4, 0.5) is 0 Å². The monoisotopic (exact) mass is 304 g/mol. The third-order valence-corrected chi connectivity index (χ3v) is 6.75. The molecule has 5 heteroatoms. The van der Waals surface area contributed by atoms with Gasteiger partial charge in [0.05, 0.1) is 11.0 Å². The maximum absolute atomic E-state index is 12.1. The summed E-state index contributed by atoms with van der Waals surface area (Å²) in [5, 5.41) is -0.263. The van der Waals surface area contributed by atoms with Crippen LogP contribution in [-0.2, 0) is 9.84 Å². The van der Waals surface area contributed by atoms with Crippen molar-refractivity contribution in [3.05, 3.63) is 0 Å². The first-order chi connectivity index (χ1) is 9.61. The maximum Gasteiger partial charge on any atom is 0.154 e. The third kappa shape index (κ3) is 6.10. The zero-order valence-electron chi connectivity index (χ0n) is 12.9. The van der Waals surface area contributed by atoms with Crippen molar-refractivity contribution in [1.29, 1.82) is 0 Å². The molecule has 1 aliphatic heterocycles. The summed E-state index contributed by atoms with van der Waals surface area (Å²) in [5.41, 5.74) is 2.76. The molecule has 1 heterocycles. The molecule has 0 aromatic carbocycles. The van der Waals surface area contributed by atoms with Gasteiger partial charge in [-0.15, -0.1) is 0 Å². The highest BCUT2D eigenvalue weighted by atomic mass is 32.2. The van der Waals surface area contributed by atoms with Gasteiger partial charge in [0.1, 0.15) is 0 Å². The van der Waals surface area contributed by atoms with Gasteiger partial charge >= 0.3 is 0 Å². The van der Waals surface area contributed by atoms with Crippen LogP contribution in [0.15, 0.2) is 0 Å². The lowest BCUT2D eigenvalue weighted by atomic mass is 10.0. The first kappa shape index (κ1) is 17.9. The molecule has 3 N–H and O–H groups in total. The van der Waals surface area contributed by atoms with Crippen molar-refractivity contribution in [1.82, 2.24) is 5.43 Å². The molecule has 120 valence electrons. The Balaban J connectivity index is 2.25. The van der Waals surface area contributed by atoms with Crippen LogP contribution in [0.5, 0.6) is 0 Å². The molecule has 0 bridgehead atoms. The summed E-state index contributed by atoms with van der Waals surface area (Å²) in [6.45, 7) is 2.22.